The van der Waals surface area contributed by atoms with Gasteiger partial charge in [-0.3, -0.25) is 9.52 Å². The number of halogens is 1. The molecule has 0 radical (unpaired) electrons. The van der Waals surface area contributed by atoms with E-state index in [1.807, 2.05) is 6.92 Å². The van der Waals surface area contributed by atoms with E-state index in [-0.39, 0.29) is 36.4 Å². The lowest BCUT2D eigenvalue weighted by Crippen LogP contribution is -2.31. The highest BCUT2D eigenvalue weighted by molar-refractivity contribution is 7.92. The number of rotatable bonds is 8. The summed E-state index contributed by atoms with van der Waals surface area (Å²) >= 11 is 0. The Balaban J connectivity index is 1.77. The van der Waals surface area contributed by atoms with E-state index < -0.39 is 10.0 Å². The molecule has 0 aliphatic rings. The van der Waals surface area contributed by atoms with Gasteiger partial charge in [-0.05, 0) is 35.7 Å². The van der Waals surface area contributed by atoms with Gasteiger partial charge in [-0.15, -0.1) is 0 Å². The number of hydrogen-bond donors (Lipinski definition) is 2. The predicted octanol–water partition coefficient (Wildman–Crippen LogP) is 2.88. The summed E-state index contributed by atoms with van der Waals surface area (Å²) in [6.45, 7) is 1.89. The summed E-state index contributed by atoms with van der Waals surface area (Å²) in [6, 6.07) is 14.6. The molecule has 1 amide bonds. The van der Waals surface area contributed by atoms with Crippen LogP contribution in [0, 0.1) is 5.82 Å². The van der Waals surface area contributed by atoms with Gasteiger partial charge in [-0.25, -0.2) is 12.8 Å². The van der Waals surface area contributed by atoms with Crippen molar-refractivity contribution in [1.29, 1.82) is 0 Å². The van der Waals surface area contributed by atoms with Crippen molar-refractivity contribution in [1.82, 2.24) is 5.32 Å². The number of hydrogen-bond acceptors (Lipinski definition) is 3. The second-order valence-corrected chi connectivity index (χ2v) is 7.64. The summed E-state index contributed by atoms with van der Waals surface area (Å²) in [7, 11) is -3.52. The SMILES string of the molecule is CC(CC(=O)NCCS(=O)(=O)Nc1ccccc1)c1ccc(F)cc1. The van der Waals surface area contributed by atoms with E-state index in [9.17, 15) is 17.6 Å². The summed E-state index contributed by atoms with van der Waals surface area (Å²) in [5.41, 5.74) is 1.34. The number of anilines is 1. The van der Waals surface area contributed by atoms with Crippen LogP contribution in [0.15, 0.2) is 54.6 Å². The molecule has 0 aliphatic carbocycles. The van der Waals surface area contributed by atoms with Crippen LogP contribution >= 0.6 is 0 Å². The molecule has 25 heavy (non-hydrogen) atoms. The zero-order valence-electron chi connectivity index (χ0n) is 13.9. The van der Waals surface area contributed by atoms with Crippen molar-refractivity contribution < 1.29 is 17.6 Å². The second-order valence-electron chi connectivity index (χ2n) is 5.79. The maximum atomic E-state index is 12.9. The van der Waals surface area contributed by atoms with Crippen molar-refractivity contribution in [3.05, 3.63) is 66.0 Å². The molecule has 1 atom stereocenters. The van der Waals surface area contributed by atoms with Gasteiger partial charge >= 0.3 is 0 Å². The molecule has 0 aliphatic heterocycles. The topological polar surface area (TPSA) is 75.3 Å². The quantitative estimate of drug-likeness (QED) is 0.756. The number of carbonyl (C=O) groups is 1. The van der Waals surface area contributed by atoms with E-state index in [4.69, 9.17) is 0 Å². The van der Waals surface area contributed by atoms with Crippen LogP contribution in [0.5, 0.6) is 0 Å². The van der Waals surface area contributed by atoms with E-state index in [1.165, 1.54) is 12.1 Å². The third kappa shape index (κ3) is 6.54. The smallest absolute Gasteiger partial charge is 0.234 e. The van der Waals surface area contributed by atoms with Crippen LogP contribution in [-0.4, -0.2) is 26.6 Å². The summed E-state index contributed by atoms with van der Waals surface area (Å²) in [6.07, 6.45) is 0.206. The Morgan fingerprint density at radius 3 is 2.36 bits per heavy atom. The Labute approximate surface area is 147 Å². The number of sulfonamides is 1. The van der Waals surface area contributed by atoms with Gasteiger partial charge in [0.15, 0.2) is 0 Å². The summed E-state index contributed by atoms with van der Waals surface area (Å²) in [5.74, 6) is -0.860. The predicted molar refractivity (Wildman–Crippen MR) is 96.3 cm³/mol. The van der Waals surface area contributed by atoms with Crippen LogP contribution in [0.25, 0.3) is 0 Å². The summed E-state index contributed by atoms with van der Waals surface area (Å²) in [5, 5.41) is 2.60. The zero-order chi connectivity index (χ0) is 18.3. The first kappa shape index (κ1) is 18.9. The molecule has 1 unspecified atom stereocenters. The molecular weight excluding hydrogens is 343 g/mol. The van der Waals surface area contributed by atoms with Crippen molar-refractivity contribution in [2.75, 3.05) is 17.0 Å². The highest BCUT2D eigenvalue weighted by Crippen LogP contribution is 2.19. The van der Waals surface area contributed by atoms with Crippen LogP contribution in [0.2, 0.25) is 0 Å². The lowest BCUT2D eigenvalue weighted by atomic mass is 9.97. The first-order valence-corrected chi connectivity index (χ1v) is 9.58. The molecule has 0 fully saturated rings. The largest absolute Gasteiger partial charge is 0.355 e. The first-order chi connectivity index (χ1) is 11.9. The van der Waals surface area contributed by atoms with Gasteiger partial charge in [0, 0.05) is 18.7 Å². The van der Waals surface area contributed by atoms with E-state index in [1.54, 1.807) is 42.5 Å². The molecule has 0 heterocycles. The molecule has 0 saturated carbocycles. The van der Waals surface area contributed by atoms with Gasteiger partial charge in [0.1, 0.15) is 5.82 Å². The van der Waals surface area contributed by atoms with Crippen LogP contribution in [0.4, 0.5) is 10.1 Å². The van der Waals surface area contributed by atoms with Gasteiger partial charge in [0.25, 0.3) is 0 Å². The lowest BCUT2D eigenvalue weighted by Gasteiger charge is -2.12. The molecule has 0 saturated heterocycles. The van der Waals surface area contributed by atoms with Crippen LogP contribution < -0.4 is 10.0 Å². The van der Waals surface area contributed by atoms with Crippen LogP contribution in [0.1, 0.15) is 24.8 Å². The average molecular weight is 364 g/mol. The van der Waals surface area contributed by atoms with Gasteiger partial charge < -0.3 is 5.32 Å². The molecular formula is C18H21FN2O3S. The van der Waals surface area contributed by atoms with E-state index in [2.05, 4.69) is 10.0 Å². The minimum atomic E-state index is -3.52. The number of amides is 1. The normalized spacial score (nSPS) is 12.4. The standard InChI is InChI=1S/C18H21FN2O3S/c1-14(15-7-9-16(19)10-8-15)13-18(22)20-11-12-25(23,24)21-17-5-3-2-4-6-17/h2-10,14,21H,11-13H2,1H3,(H,20,22). The molecule has 0 bridgehead atoms. The molecule has 2 rings (SSSR count). The van der Waals surface area contributed by atoms with Crippen molar-refractivity contribution in [3.8, 4) is 0 Å². The van der Waals surface area contributed by atoms with Gasteiger partial charge in [-0.2, -0.15) is 0 Å². The number of carbonyl (C=O) groups excluding carboxylic acids is 1. The summed E-state index contributed by atoms with van der Waals surface area (Å²) in [4.78, 5) is 11.9. The van der Waals surface area contributed by atoms with E-state index >= 15 is 0 Å². The number of nitrogens with one attached hydrogen (secondary N) is 2. The Hall–Kier alpha value is -2.41. The fourth-order valence-corrected chi connectivity index (χ4v) is 3.29. The molecule has 2 aromatic rings. The first-order valence-electron chi connectivity index (χ1n) is 7.93. The van der Waals surface area contributed by atoms with E-state index in [0.29, 0.717) is 5.69 Å². The Bertz CT molecular complexity index is 793. The van der Waals surface area contributed by atoms with Gasteiger partial charge in [0.05, 0.1) is 5.75 Å². The highest BCUT2D eigenvalue weighted by Gasteiger charge is 2.14. The van der Waals surface area contributed by atoms with Crippen molar-refractivity contribution >= 4 is 21.6 Å². The average Bonchev–Trinajstić information content (AvgIpc) is 2.55. The minimum Gasteiger partial charge on any atom is -0.355 e. The number of benzene rings is 2. The maximum Gasteiger partial charge on any atom is 0.234 e. The Kier molecular flexibility index (Phi) is 6.52. The fraction of sp³-hybridized carbons (Fsp3) is 0.278. The van der Waals surface area contributed by atoms with Gasteiger partial charge in [-0.1, -0.05) is 37.3 Å². The van der Waals surface area contributed by atoms with Crippen molar-refractivity contribution in [2.24, 2.45) is 0 Å². The third-order valence-electron chi connectivity index (χ3n) is 3.67. The third-order valence-corrected chi connectivity index (χ3v) is 4.96. The molecule has 0 spiro atoms. The molecule has 2 aromatic carbocycles. The molecule has 2 N–H and O–H groups in total. The highest BCUT2D eigenvalue weighted by atomic mass is 32.2. The Morgan fingerprint density at radius 2 is 1.72 bits per heavy atom. The molecule has 0 aromatic heterocycles. The Morgan fingerprint density at radius 1 is 1.08 bits per heavy atom. The van der Waals surface area contributed by atoms with Gasteiger partial charge in [0.2, 0.25) is 15.9 Å². The minimum absolute atomic E-state index is 0.0249. The van der Waals surface area contributed by atoms with Crippen LogP contribution in [-0.2, 0) is 14.8 Å². The fourth-order valence-electron chi connectivity index (χ4n) is 2.32. The monoisotopic (exact) mass is 364 g/mol. The number of para-hydroxylation sites is 1. The molecule has 134 valence electrons. The molecule has 5 nitrogen and oxygen atoms in total. The summed E-state index contributed by atoms with van der Waals surface area (Å²) < 4.78 is 39.3. The zero-order valence-corrected chi connectivity index (χ0v) is 14.7. The maximum absolute atomic E-state index is 12.9. The lowest BCUT2D eigenvalue weighted by molar-refractivity contribution is -0.121. The van der Waals surface area contributed by atoms with E-state index in [0.717, 1.165) is 5.56 Å². The van der Waals surface area contributed by atoms with Crippen LogP contribution in [0.3, 0.4) is 0 Å². The second kappa shape index (κ2) is 8.62. The van der Waals surface area contributed by atoms with Crippen molar-refractivity contribution in [2.45, 2.75) is 19.3 Å². The van der Waals surface area contributed by atoms with Crippen molar-refractivity contribution in [3.63, 3.8) is 0 Å². The molecule has 7 heteroatoms.